The summed E-state index contributed by atoms with van der Waals surface area (Å²) >= 11 is 1.90. The number of benzene rings is 2. The third kappa shape index (κ3) is 5.93. The molecule has 0 aliphatic heterocycles. The van der Waals surface area contributed by atoms with Crippen molar-refractivity contribution in [2.24, 2.45) is 0 Å². The lowest BCUT2D eigenvalue weighted by molar-refractivity contribution is 0.0168. The van der Waals surface area contributed by atoms with Crippen molar-refractivity contribution in [1.29, 1.82) is 0 Å². The van der Waals surface area contributed by atoms with Crippen molar-refractivity contribution in [2.45, 2.75) is 6.54 Å². The molecule has 4 N–H and O–H groups in total. The van der Waals surface area contributed by atoms with Gasteiger partial charge in [0.1, 0.15) is 5.82 Å². The molecule has 0 saturated heterocycles. The van der Waals surface area contributed by atoms with Gasteiger partial charge in [-0.3, -0.25) is 14.5 Å². The highest BCUT2D eigenvalue weighted by atomic mass is 127. The van der Waals surface area contributed by atoms with Gasteiger partial charge in [0.15, 0.2) is 11.6 Å². The van der Waals surface area contributed by atoms with Gasteiger partial charge < -0.3 is 15.4 Å². The molecule has 0 radical (unpaired) electrons. The Morgan fingerprint density at radius 2 is 2.06 bits per heavy atom. The number of rotatable bonds is 10. The number of aliphatic hydroxyl groups excluding tert-OH is 1. The smallest absolute Gasteiger partial charge is 0.277 e. The quantitative estimate of drug-likeness (QED) is 0.166. The van der Waals surface area contributed by atoms with Gasteiger partial charge in [0.05, 0.1) is 43.8 Å². The van der Waals surface area contributed by atoms with E-state index in [4.69, 9.17) is 14.8 Å². The summed E-state index contributed by atoms with van der Waals surface area (Å²) in [5.41, 5.74) is 0.663. The number of aromatic amines is 1. The number of hydrogen-bond donors (Lipinski definition) is 4. The minimum atomic E-state index is -1.41. The summed E-state index contributed by atoms with van der Waals surface area (Å²) in [5.74, 6) is -4.13. The fourth-order valence-electron chi connectivity index (χ4n) is 2.81. The van der Waals surface area contributed by atoms with Gasteiger partial charge in [-0.05, 0) is 46.9 Å². The van der Waals surface area contributed by atoms with E-state index in [9.17, 15) is 13.6 Å². The molecule has 0 spiro atoms. The number of carbonyl (C=O) groups is 1. The molecule has 0 fully saturated rings. The summed E-state index contributed by atoms with van der Waals surface area (Å²) in [7, 11) is 1.31. The van der Waals surface area contributed by atoms with Gasteiger partial charge in [-0.25, -0.2) is 28.7 Å². The summed E-state index contributed by atoms with van der Waals surface area (Å²) < 4.78 is 45.1. The predicted molar refractivity (Wildman–Crippen MR) is 121 cm³/mol. The summed E-state index contributed by atoms with van der Waals surface area (Å²) in [6.45, 7) is -0.927. The molecule has 33 heavy (non-hydrogen) atoms. The van der Waals surface area contributed by atoms with Crippen LogP contribution in [0.4, 0.5) is 30.5 Å². The fraction of sp³-hybridized carbons (Fsp3) is 0.200. The van der Waals surface area contributed by atoms with E-state index in [0.29, 0.717) is 3.57 Å². The number of imidazole rings is 1. The number of nitrogens with one attached hydrogen (secondary N) is 3. The fourth-order valence-corrected chi connectivity index (χ4v) is 3.26. The highest BCUT2D eigenvalue weighted by Crippen LogP contribution is 2.31. The number of hydroxylamine groups is 2. The van der Waals surface area contributed by atoms with Crippen LogP contribution in [0, 0.1) is 21.0 Å². The molecule has 1 amide bonds. The molecule has 176 valence electrons. The van der Waals surface area contributed by atoms with Crippen LogP contribution in [-0.2, 0) is 16.2 Å². The van der Waals surface area contributed by atoms with Crippen LogP contribution in [0.2, 0.25) is 0 Å². The molecule has 2 aromatic carbocycles. The number of H-pyrrole nitrogens is 1. The first-order chi connectivity index (χ1) is 15.8. The van der Waals surface area contributed by atoms with Gasteiger partial charge in [-0.1, -0.05) is 0 Å². The minimum absolute atomic E-state index is 0.166. The number of aromatic nitrogens is 2. The highest BCUT2D eigenvalue weighted by molar-refractivity contribution is 14.1. The SMILES string of the molecule is CON(Cc1cc(C(=O)NOCCO)c(Nc2ccc(I)cc2F)c(F)c1F)c1ncc[nH]1. The zero-order valence-electron chi connectivity index (χ0n) is 17.2. The van der Waals surface area contributed by atoms with Crippen molar-refractivity contribution in [3.05, 3.63) is 68.8 Å². The van der Waals surface area contributed by atoms with Gasteiger partial charge in [0.2, 0.25) is 5.95 Å². The molecule has 9 nitrogen and oxygen atoms in total. The number of aliphatic hydroxyl groups is 1. The van der Waals surface area contributed by atoms with Crippen LogP contribution in [-0.4, -0.2) is 41.3 Å². The molecule has 0 unspecified atom stereocenters. The Hall–Kier alpha value is -2.88. The molecular weight excluding hydrogens is 558 g/mol. The second-order valence-corrected chi connectivity index (χ2v) is 7.72. The van der Waals surface area contributed by atoms with Crippen LogP contribution >= 0.6 is 22.6 Å². The third-order valence-corrected chi connectivity index (χ3v) is 5.00. The molecule has 0 aliphatic rings. The Kier molecular flexibility index (Phi) is 8.49. The summed E-state index contributed by atoms with van der Waals surface area (Å²) in [6, 6.07) is 5.15. The highest BCUT2D eigenvalue weighted by Gasteiger charge is 2.25. The van der Waals surface area contributed by atoms with E-state index in [1.807, 2.05) is 28.1 Å². The van der Waals surface area contributed by atoms with Crippen LogP contribution in [0.5, 0.6) is 0 Å². The number of carbonyl (C=O) groups excluding carboxylic acids is 1. The molecule has 3 rings (SSSR count). The Morgan fingerprint density at radius 1 is 1.27 bits per heavy atom. The normalized spacial score (nSPS) is 10.8. The van der Waals surface area contributed by atoms with Crippen LogP contribution in [0.1, 0.15) is 15.9 Å². The Labute approximate surface area is 200 Å². The van der Waals surface area contributed by atoms with E-state index in [-0.39, 0.29) is 42.5 Å². The number of amides is 1. The van der Waals surface area contributed by atoms with E-state index < -0.39 is 29.0 Å². The minimum Gasteiger partial charge on any atom is -0.394 e. The Bertz CT molecular complexity index is 1120. The van der Waals surface area contributed by atoms with Gasteiger partial charge in [0.25, 0.3) is 5.91 Å². The van der Waals surface area contributed by atoms with Crippen LogP contribution in [0.3, 0.4) is 0 Å². The molecular formula is C20H19F3IN5O4. The topological polar surface area (TPSA) is 112 Å². The predicted octanol–water partition coefficient (Wildman–Crippen LogP) is 3.40. The number of hydrogen-bond acceptors (Lipinski definition) is 7. The lowest BCUT2D eigenvalue weighted by Crippen LogP contribution is -2.28. The first-order valence-electron chi connectivity index (χ1n) is 9.42. The first kappa shape index (κ1) is 24.8. The third-order valence-electron chi connectivity index (χ3n) is 4.33. The van der Waals surface area contributed by atoms with Crippen molar-refractivity contribution in [3.8, 4) is 0 Å². The largest absolute Gasteiger partial charge is 0.394 e. The Balaban J connectivity index is 2.03. The van der Waals surface area contributed by atoms with Crippen LogP contribution in [0.15, 0.2) is 36.7 Å². The van der Waals surface area contributed by atoms with Crippen molar-refractivity contribution in [1.82, 2.24) is 15.4 Å². The summed E-state index contributed by atoms with van der Waals surface area (Å²) in [4.78, 5) is 29.4. The number of nitrogens with zero attached hydrogens (tertiary/aromatic N) is 2. The van der Waals surface area contributed by atoms with E-state index >= 15 is 4.39 Å². The van der Waals surface area contributed by atoms with Gasteiger partial charge >= 0.3 is 0 Å². The Morgan fingerprint density at radius 3 is 2.70 bits per heavy atom. The molecule has 1 heterocycles. The van der Waals surface area contributed by atoms with E-state index in [0.717, 1.165) is 11.1 Å². The molecule has 3 aromatic rings. The van der Waals surface area contributed by atoms with Crippen molar-refractivity contribution in [3.63, 3.8) is 0 Å². The van der Waals surface area contributed by atoms with Gasteiger partial charge in [0, 0.05) is 21.5 Å². The average molecular weight is 577 g/mol. The van der Waals surface area contributed by atoms with Crippen LogP contribution < -0.4 is 15.9 Å². The summed E-state index contributed by atoms with van der Waals surface area (Å²) in [5, 5.41) is 12.4. The number of halogens is 4. The van der Waals surface area contributed by atoms with Gasteiger partial charge in [-0.2, -0.15) is 0 Å². The maximum absolute atomic E-state index is 15.2. The average Bonchev–Trinajstić information content (AvgIpc) is 3.32. The number of anilines is 3. The molecule has 0 bridgehead atoms. The molecule has 1 aromatic heterocycles. The second-order valence-electron chi connectivity index (χ2n) is 6.47. The van der Waals surface area contributed by atoms with Crippen molar-refractivity contribution >= 4 is 45.8 Å². The molecule has 13 heteroatoms. The lowest BCUT2D eigenvalue weighted by Gasteiger charge is -2.21. The van der Waals surface area contributed by atoms with Crippen molar-refractivity contribution < 1.29 is 32.7 Å². The molecule has 0 aliphatic carbocycles. The maximum Gasteiger partial charge on any atom is 0.277 e. The maximum atomic E-state index is 15.2. The van der Waals surface area contributed by atoms with Gasteiger partial charge in [-0.15, -0.1) is 0 Å². The second kappa shape index (κ2) is 11.3. The zero-order valence-corrected chi connectivity index (χ0v) is 19.3. The lowest BCUT2D eigenvalue weighted by atomic mass is 10.1. The van der Waals surface area contributed by atoms with Crippen molar-refractivity contribution in [2.75, 3.05) is 30.7 Å². The first-order valence-corrected chi connectivity index (χ1v) is 10.5. The summed E-state index contributed by atoms with van der Waals surface area (Å²) in [6.07, 6.45) is 2.95. The standard InChI is InChI=1S/C20H19F3IN5O4/c1-32-29(20-25-4-5-26-20)10-11-8-13(19(31)28-33-7-6-30)18(17(23)16(11)22)27-15-3-2-12(24)9-14(15)21/h2-5,8-9,27,30H,6-7,10H2,1H3,(H,25,26)(H,28,31). The monoisotopic (exact) mass is 577 g/mol. The van der Waals surface area contributed by atoms with E-state index in [1.165, 1.54) is 31.6 Å². The van der Waals surface area contributed by atoms with E-state index in [2.05, 4.69) is 15.3 Å². The zero-order chi connectivity index (χ0) is 24.0. The van der Waals surface area contributed by atoms with E-state index in [1.54, 1.807) is 6.07 Å². The molecule has 0 atom stereocenters. The molecule has 0 saturated carbocycles. The van der Waals surface area contributed by atoms with Crippen LogP contribution in [0.25, 0.3) is 0 Å².